The van der Waals surface area contributed by atoms with Gasteiger partial charge in [0, 0.05) is 13.6 Å². The molecule has 0 aromatic heterocycles. The first-order chi connectivity index (χ1) is 15.7. The molecule has 0 unspecified atom stereocenters. The molecule has 0 saturated heterocycles. The van der Waals surface area contributed by atoms with Crippen LogP contribution in [0.2, 0.25) is 0 Å². The summed E-state index contributed by atoms with van der Waals surface area (Å²) in [6.07, 6.45) is 2.32. The number of likely N-dealkylation sites (N-methyl/N-ethyl adjacent to an activating group) is 1. The molecule has 1 aliphatic heterocycles. The average Bonchev–Trinajstić information content (AvgIpc) is 3.60. The third-order valence-corrected chi connectivity index (χ3v) is 5.81. The molecule has 1 heterocycles. The first-order valence-electron chi connectivity index (χ1n) is 11.6. The molecule has 2 atom stereocenters. The Kier molecular flexibility index (Phi) is 8.30. The van der Waals surface area contributed by atoms with Crippen LogP contribution in [0.3, 0.4) is 0 Å². The van der Waals surface area contributed by atoms with Crippen molar-refractivity contribution in [3.63, 3.8) is 0 Å². The van der Waals surface area contributed by atoms with Gasteiger partial charge in [0.15, 0.2) is 0 Å². The van der Waals surface area contributed by atoms with Gasteiger partial charge in [-0.1, -0.05) is 26.0 Å². The lowest BCUT2D eigenvalue weighted by Crippen LogP contribution is -2.53. The quantitative estimate of drug-likeness (QED) is 0.611. The first kappa shape index (κ1) is 24.5. The predicted octanol–water partition coefficient (Wildman–Crippen LogP) is 1.08. The summed E-state index contributed by atoms with van der Waals surface area (Å²) in [6, 6.07) is 4.92. The first-order valence-corrected chi connectivity index (χ1v) is 11.6. The molecule has 180 valence electrons. The fourth-order valence-corrected chi connectivity index (χ4v) is 3.72. The number of para-hydroxylation sites is 1. The van der Waals surface area contributed by atoms with Gasteiger partial charge in [-0.25, -0.2) is 0 Å². The number of nitrogens with one attached hydrogen (secondary N) is 3. The summed E-state index contributed by atoms with van der Waals surface area (Å²) in [5.74, 6) is -0.611. The standard InChI is InChI=1S/C24H34N4O5/c1-15(2)12-19-24(32)28(3)10-11-33-20-7-5-4-6-17(20)22(30)27-18(13-21(29)26-19)23(31)25-14-16-8-9-16/h4-7,15-16,18-19H,8-14H2,1-3H3,(H,25,31)(H,26,29)(H,27,30)/t18-,19+/m0/s1. The van der Waals surface area contributed by atoms with Gasteiger partial charge in [0.25, 0.3) is 5.91 Å². The van der Waals surface area contributed by atoms with E-state index in [1.54, 1.807) is 31.3 Å². The maximum atomic E-state index is 13.0. The van der Waals surface area contributed by atoms with Crippen molar-refractivity contribution in [2.45, 2.75) is 51.6 Å². The second kappa shape index (κ2) is 11.2. The van der Waals surface area contributed by atoms with Gasteiger partial charge < -0.3 is 25.6 Å². The van der Waals surface area contributed by atoms with Gasteiger partial charge in [0.2, 0.25) is 17.7 Å². The highest BCUT2D eigenvalue weighted by atomic mass is 16.5. The van der Waals surface area contributed by atoms with Crippen LogP contribution in [0.4, 0.5) is 0 Å². The lowest BCUT2D eigenvalue weighted by Gasteiger charge is -2.27. The number of carbonyl (C=O) groups is 4. The molecule has 3 N–H and O–H groups in total. The van der Waals surface area contributed by atoms with E-state index in [2.05, 4.69) is 16.0 Å². The van der Waals surface area contributed by atoms with E-state index < -0.39 is 29.8 Å². The number of ether oxygens (including phenoxy) is 1. The Morgan fingerprint density at radius 1 is 1.18 bits per heavy atom. The van der Waals surface area contributed by atoms with Crippen LogP contribution < -0.4 is 20.7 Å². The van der Waals surface area contributed by atoms with Crippen LogP contribution in [0.25, 0.3) is 0 Å². The van der Waals surface area contributed by atoms with E-state index >= 15 is 0 Å². The summed E-state index contributed by atoms with van der Waals surface area (Å²) in [5, 5.41) is 8.30. The molecule has 0 bridgehead atoms. The molecule has 1 aliphatic carbocycles. The summed E-state index contributed by atoms with van der Waals surface area (Å²) in [4.78, 5) is 53.2. The van der Waals surface area contributed by atoms with Crippen molar-refractivity contribution in [2.75, 3.05) is 26.7 Å². The topological polar surface area (TPSA) is 117 Å². The minimum Gasteiger partial charge on any atom is -0.491 e. The number of rotatable bonds is 5. The summed E-state index contributed by atoms with van der Waals surface area (Å²) in [5.41, 5.74) is 0.265. The number of amides is 4. The predicted molar refractivity (Wildman–Crippen MR) is 123 cm³/mol. The molecule has 33 heavy (non-hydrogen) atoms. The second-order valence-electron chi connectivity index (χ2n) is 9.27. The van der Waals surface area contributed by atoms with E-state index in [0.29, 0.717) is 31.2 Å². The molecule has 1 aromatic rings. The maximum Gasteiger partial charge on any atom is 0.255 e. The van der Waals surface area contributed by atoms with Crippen LogP contribution in [-0.2, 0) is 14.4 Å². The smallest absolute Gasteiger partial charge is 0.255 e. The monoisotopic (exact) mass is 458 g/mol. The van der Waals surface area contributed by atoms with E-state index in [1.807, 2.05) is 13.8 Å². The number of hydrogen-bond acceptors (Lipinski definition) is 5. The Labute approximate surface area is 194 Å². The fourth-order valence-electron chi connectivity index (χ4n) is 3.72. The van der Waals surface area contributed by atoms with Crippen molar-refractivity contribution in [2.24, 2.45) is 11.8 Å². The van der Waals surface area contributed by atoms with Gasteiger partial charge in [-0.3, -0.25) is 19.2 Å². The molecule has 2 aliphatic rings. The second-order valence-corrected chi connectivity index (χ2v) is 9.27. The molecule has 9 heteroatoms. The molecule has 9 nitrogen and oxygen atoms in total. The van der Waals surface area contributed by atoms with Crippen molar-refractivity contribution < 1.29 is 23.9 Å². The molecule has 1 aromatic carbocycles. The summed E-state index contributed by atoms with van der Waals surface area (Å²) < 4.78 is 5.80. The minimum atomic E-state index is -1.07. The van der Waals surface area contributed by atoms with E-state index in [9.17, 15) is 19.2 Å². The molecular formula is C24H34N4O5. The van der Waals surface area contributed by atoms with Crippen molar-refractivity contribution in [3.8, 4) is 5.75 Å². The van der Waals surface area contributed by atoms with Crippen LogP contribution in [0, 0.1) is 11.8 Å². The van der Waals surface area contributed by atoms with Gasteiger partial charge in [-0.05, 0) is 43.2 Å². The number of nitrogens with zero attached hydrogens (tertiary/aromatic N) is 1. The lowest BCUT2D eigenvalue weighted by molar-refractivity contribution is -0.136. The zero-order valence-corrected chi connectivity index (χ0v) is 19.6. The van der Waals surface area contributed by atoms with Crippen LogP contribution in [0.5, 0.6) is 5.75 Å². The van der Waals surface area contributed by atoms with E-state index in [4.69, 9.17) is 4.74 Å². The zero-order valence-electron chi connectivity index (χ0n) is 19.6. The van der Waals surface area contributed by atoms with Gasteiger partial charge in [0.1, 0.15) is 24.4 Å². The Morgan fingerprint density at radius 2 is 1.91 bits per heavy atom. The highest BCUT2D eigenvalue weighted by Crippen LogP contribution is 2.27. The van der Waals surface area contributed by atoms with Crippen molar-refractivity contribution in [1.29, 1.82) is 0 Å². The molecular weight excluding hydrogens is 424 g/mol. The Balaban J connectivity index is 1.85. The summed E-state index contributed by atoms with van der Waals surface area (Å²) in [6.45, 7) is 4.94. The number of carbonyl (C=O) groups excluding carboxylic acids is 4. The van der Waals surface area contributed by atoms with E-state index in [1.165, 1.54) is 4.90 Å². The third-order valence-electron chi connectivity index (χ3n) is 5.81. The van der Waals surface area contributed by atoms with Crippen LogP contribution in [0.15, 0.2) is 24.3 Å². The SMILES string of the molecule is CC(C)C[C@H]1NC(=O)C[C@@H](C(=O)NCC2CC2)NC(=O)c2ccccc2OCCN(C)C1=O. The molecule has 1 saturated carbocycles. The van der Waals surface area contributed by atoms with Gasteiger partial charge >= 0.3 is 0 Å². The summed E-state index contributed by atoms with van der Waals surface area (Å²) >= 11 is 0. The van der Waals surface area contributed by atoms with Gasteiger partial charge in [0.05, 0.1) is 18.5 Å². The minimum absolute atomic E-state index is 0.173. The Morgan fingerprint density at radius 3 is 2.61 bits per heavy atom. The third kappa shape index (κ3) is 7.20. The van der Waals surface area contributed by atoms with Crippen LogP contribution in [-0.4, -0.2) is 67.4 Å². The molecule has 3 rings (SSSR count). The van der Waals surface area contributed by atoms with Crippen LogP contribution >= 0.6 is 0 Å². The van der Waals surface area contributed by atoms with Crippen molar-refractivity contribution >= 4 is 23.6 Å². The summed E-state index contributed by atoms with van der Waals surface area (Å²) in [7, 11) is 1.66. The average molecular weight is 459 g/mol. The fraction of sp³-hybridized carbons (Fsp3) is 0.583. The van der Waals surface area contributed by atoms with Crippen molar-refractivity contribution in [3.05, 3.63) is 29.8 Å². The zero-order chi connectivity index (χ0) is 24.0. The Bertz CT molecular complexity index is 883. The van der Waals surface area contributed by atoms with Crippen LogP contribution in [0.1, 0.15) is 49.9 Å². The lowest BCUT2D eigenvalue weighted by atomic mass is 10.0. The number of benzene rings is 1. The normalized spacial score (nSPS) is 22.5. The van der Waals surface area contributed by atoms with Crippen molar-refractivity contribution in [1.82, 2.24) is 20.9 Å². The highest BCUT2D eigenvalue weighted by molar-refractivity contribution is 6.01. The Hall–Kier alpha value is -3.10. The van der Waals surface area contributed by atoms with E-state index in [0.717, 1.165) is 12.8 Å². The molecule has 1 fully saturated rings. The largest absolute Gasteiger partial charge is 0.491 e. The highest BCUT2D eigenvalue weighted by Gasteiger charge is 2.31. The number of hydrogen-bond donors (Lipinski definition) is 3. The maximum absolute atomic E-state index is 13.0. The molecule has 4 amide bonds. The van der Waals surface area contributed by atoms with Gasteiger partial charge in [-0.2, -0.15) is 0 Å². The molecule has 0 spiro atoms. The molecule has 0 radical (unpaired) electrons. The van der Waals surface area contributed by atoms with Gasteiger partial charge in [-0.15, -0.1) is 0 Å². The van der Waals surface area contributed by atoms with E-state index in [-0.39, 0.29) is 30.4 Å². The number of fused-ring (bicyclic) bond motifs is 1.